The van der Waals surface area contributed by atoms with Gasteiger partial charge < -0.3 is 19.1 Å². The first kappa shape index (κ1) is 29.1. The van der Waals surface area contributed by atoms with E-state index in [1.165, 1.54) is 10.5 Å². The summed E-state index contributed by atoms with van der Waals surface area (Å²) in [7, 11) is 0. The zero-order valence-corrected chi connectivity index (χ0v) is 30.6. The molecule has 6 heteroatoms. The van der Waals surface area contributed by atoms with Gasteiger partial charge in [-0.25, -0.2) is 4.98 Å². The average molecular weight is 727 g/mol. The van der Waals surface area contributed by atoms with Crippen molar-refractivity contribution in [1.82, 2.24) is 14.1 Å². The molecule has 1 aliphatic rings. The SMILES string of the molecule is [2H]C([2H])([2H])N1CN(c2cccc(Oc3ccc4c5ccccc5n(-c5cc6c(cn5)c5ccc(C)cc5n6-c5ccccc5)c4c3)c2)c2cc(-c3ccccc3)ccc21. The van der Waals surface area contributed by atoms with Crippen LogP contribution in [-0.2, 0) is 0 Å². The van der Waals surface area contributed by atoms with Crippen molar-refractivity contribution in [2.75, 3.05) is 23.4 Å². The van der Waals surface area contributed by atoms with Crippen molar-refractivity contribution in [3.63, 3.8) is 0 Å². The molecule has 0 unspecified atom stereocenters. The van der Waals surface area contributed by atoms with Crippen LogP contribution in [0.2, 0.25) is 0 Å². The summed E-state index contributed by atoms with van der Waals surface area (Å²) >= 11 is 0. The molecule has 3 aromatic heterocycles. The molecule has 0 amide bonds. The van der Waals surface area contributed by atoms with Gasteiger partial charge in [-0.3, -0.25) is 4.57 Å². The highest BCUT2D eigenvalue weighted by atomic mass is 16.5. The van der Waals surface area contributed by atoms with Crippen molar-refractivity contribution in [1.29, 1.82) is 0 Å². The molecule has 0 bridgehead atoms. The van der Waals surface area contributed by atoms with E-state index in [1.54, 1.807) is 0 Å². The smallest absolute Gasteiger partial charge is 0.139 e. The Hall–Kier alpha value is -7.31. The lowest BCUT2D eigenvalue weighted by atomic mass is 10.0. The van der Waals surface area contributed by atoms with Crippen LogP contribution in [0.15, 0.2) is 176 Å². The first-order chi connectivity index (χ1) is 28.8. The maximum atomic E-state index is 8.33. The molecule has 7 aromatic carbocycles. The molecular weight excluding hydrogens is 687 g/mol. The van der Waals surface area contributed by atoms with Crippen molar-refractivity contribution in [2.45, 2.75) is 6.92 Å². The maximum absolute atomic E-state index is 8.33. The molecule has 0 radical (unpaired) electrons. The number of anilines is 3. The summed E-state index contributed by atoms with van der Waals surface area (Å²) < 4.78 is 36.2. The predicted octanol–water partition coefficient (Wildman–Crippen LogP) is 12.6. The van der Waals surface area contributed by atoms with Crippen LogP contribution >= 0.6 is 0 Å². The topological polar surface area (TPSA) is 38.5 Å². The molecule has 0 saturated carbocycles. The van der Waals surface area contributed by atoms with E-state index in [-0.39, 0.29) is 6.67 Å². The maximum Gasteiger partial charge on any atom is 0.139 e. The lowest BCUT2D eigenvalue weighted by Gasteiger charge is -2.20. The molecule has 1 aliphatic heterocycles. The second kappa shape index (κ2) is 12.6. The first-order valence-corrected chi connectivity index (χ1v) is 18.8. The van der Waals surface area contributed by atoms with Gasteiger partial charge in [0, 0.05) is 68.4 Å². The summed E-state index contributed by atoms with van der Waals surface area (Å²) in [4.78, 5) is 8.64. The summed E-state index contributed by atoms with van der Waals surface area (Å²) in [6.45, 7) is 0.00111. The van der Waals surface area contributed by atoms with Crippen molar-refractivity contribution in [3.8, 4) is 34.1 Å². The molecule has 0 saturated heterocycles. The van der Waals surface area contributed by atoms with Crippen LogP contribution in [0.4, 0.5) is 17.1 Å². The van der Waals surface area contributed by atoms with E-state index >= 15 is 0 Å². The summed E-state index contributed by atoms with van der Waals surface area (Å²) in [6, 6.07) is 57.9. The number of rotatable bonds is 6. The van der Waals surface area contributed by atoms with Crippen LogP contribution in [0.3, 0.4) is 0 Å². The Bertz CT molecular complexity index is 3250. The van der Waals surface area contributed by atoms with Crippen LogP contribution in [0, 0.1) is 6.92 Å². The van der Waals surface area contributed by atoms with E-state index < -0.39 is 6.98 Å². The Morgan fingerprint density at radius 2 is 1.23 bits per heavy atom. The van der Waals surface area contributed by atoms with Gasteiger partial charge in [0.25, 0.3) is 0 Å². The van der Waals surface area contributed by atoms with E-state index in [0.717, 1.165) is 77.6 Å². The fourth-order valence-corrected chi connectivity index (χ4v) is 8.39. The number of aryl methyl sites for hydroxylation is 1. The third-order valence-corrected chi connectivity index (χ3v) is 11.0. The van der Waals surface area contributed by atoms with Gasteiger partial charge in [-0.15, -0.1) is 0 Å². The van der Waals surface area contributed by atoms with Gasteiger partial charge in [0.1, 0.15) is 17.3 Å². The Morgan fingerprint density at radius 3 is 2.11 bits per heavy atom. The lowest BCUT2D eigenvalue weighted by Crippen LogP contribution is -2.23. The second-order valence-electron chi connectivity index (χ2n) is 14.4. The number of ether oxygens (including phenoxy) is 1. The highest BCUT2D eigenvalue weighted by Gasteiger charge is 2.26. The van der Waals surface area contributed by atoms with Gasteiger partial charge in [0.05, 0.1) is 40.1 Å². The molecule has 10 aromatic rings. The number of hydrogen-bond donors (Lipinski definition) is 0. The molecule has 6 nitrogen and oxygen atoms in total. The van der Waals surface area contributed by atoms with Gasteiger partial charge >= 0.3 is 0 Å². The number of aromatic nitrogens is 3. The summed E-state index contributed by atoms with van der Waals surface area (Å²) in [5.41, 5.74) is 10.9. The van der Waals surface area contributed by atoms with Crippen LogP contribution in [0.1, 0.15) is 9.68 Å². The van der Waals surface area contributed by atoms with Crippen molar-refractivity contribution in [3.05, 3.63) is 182 Å². The van der Waals surface area contributed by atoms with E-state index in [1.807, 2.05) is 77.8 Å². The Kier molecular flexibility index (Phi) is 6.57. The van der Waals surface area contributed by atoms with Gasteiger partial charge in [-0.2, -0.15) is 0 Å². The summed E-state index contributed by atoms with van der Waals surface area (Å²) in [5, 5.41) is 4.47. The quantitative estimate of drug-likeness (QED) is 0.171. The zero-order valence-electron chi connectivity index (χ0n) is 33.6. The van der Waals surface area contributed by atoms with Crippen LogP contribution in [0.25, 0.3) is 66.2 Å². The number of nitrogens with zero attached hydrogens (tertiary/aromatic N) is 5. The molecule has 0 atom stereocenters. The minimum Gasteiger partial charge on any atom is -0.457 e. The normalized spacial score (nSPS) is 13.7. The first-order valence-electron chi connectivity index (χ1n) is 20.3. The molecule has 56 heavy (non-hydrogen) atoms. The Morgan fingerprint density at radius 1 is 0.518 bits per heavy atom. The van der Waals surface area contributed by atoms with E-state index in [2.05, 4.69) is 119 Å². The van der Waals surface area contributed by atoms with Gasteiger partial charge in [0.15, 0.2) is 0 Å². The summed E-state index contributed by atoms with van der Waals surface area (Å²) in [5.74, 6) is 2.12. The molecule has 268 valence electrons. The monoisotopic (exact) mass is 726 g/mol. The molecule has 0 spiro atoms. The number of hydrogen-bond acceptors (Lipinski definition) is 4. The molecule has 0 N–H and O–H groups in total. The molecule has 0 fully saturated rings. The van der Waals surface area contributed by atoms with E-state index in [0.29, 0.717) is 17.2 Å². The minimum absolute atomic E-state index is 0.180. The van der Waals surface area contributed by atoms with Crippen LogP contribution in [0.5, 0.6) is 11.5 Å². The fraction of sp³-hybridized carbons (Fsp3) is 0.0600. The Labute approximate surface area is 328 Å². The minimum atomic E-state index is -2.31. The number of fused-ring (bicyclic) bond motifs is 7. The third kappa shape index (κ3) is 5.14. The molecule has 11 rings (SSSR count). The van der Waals surface area contributed by atoms with Crippen molar-refractivity contribution >= 4 is 60.7 Å². The molecular formula is C50H37N5O. The lowest BCUT2D eigenvalue weighted by molar-refractivity contribution is 0.483. The number of benzene rings is 7. The van der Waals surface area contributed by atoms with Gasteiger partial charge in [-0.1, -0.05) is 91.0 Å². The van der Waals surface area contributed by atoms with Crippen LogP contribution in [-0.4, -0.2) is 27.8 Å². The zero-order chi connectivity index (χ0) is 39.8. The van der Waals surface area contributed by atoms with Gasteiger partial charge in [0.2, 0.25) is 0 Å². The fourth-order valence-electron chi connectivity index (χ4n) is 8.39. The highest BCUT2D eigenvalue weighted by molar-refractivity contribution is 6.11. The third-order valence-electron chi connectivity index (χ3n) is 11.0. The predicted molar refractivity (Wildman–Crippen MR) is 231 cm³/mol. The molecule has 0 aliphatic carbocycles. The number of pyridine rings is 1. The molecule has 4 heterocycles. The summed E-state index contributed by atoms with van der Waals surface area (Å²) in [6.07, 6.45) is 2.00. The highest BCUT2D eigenvalue weighted by Crippen LogP contribution is 2.44. The number of para-hydroxylation sites is 2. The Balaban J connectivity index is 1.00. The second-order valence-corrected chi connectivity index (χ2v) is 14.4. The van der Waals surface area contributed by atoms with Crippen LogP contribution < -0.4 is 14.5 Å². The standard InChI is InChI=1S/C50H37N5O/c1-33-20-23-42-43-31-51-50(30-48(43)54(46(42)26-33)36-14-7-4-8-15-36)55-44-19-10-9-18-40(44)41-24-22-39(29-47(41)55)56-38-17-11-16-37(28-38)53-32-52(2)45-25-21-35(27-49(45)53)34-12-5-3-6-13-34/h3-31H,32H2,1-2H3/i2D3. The van der Waals surface area contributed by atoms with E-state index in [9.17, 15) is 0 Å². The average Bonchev–Trinajstić information content (AvgIpc) is 3.91. The van der Waals surface area contributed by atoms with E-state index in [4.69, 9.17) is 13.8 Å². The largest absolute Gasteiger partial charge is 0.457 e. The van der Waals surface area contributed by atoms with Crippen molar-refractivity contribution in [2.24, 2.45) is 0 Å². The van der Waals surface area contributed by atoms with Crippen molar-refractivity contribution < 1.29 is 8.85 Å². The van der Waals surface area contributed by atoms with Gasteiger partial charge in [-0.05, 0) is 84.3 Å².